The second-order valence-electron chi connectivity index (χ2n) is 5.16. The predicted molar refractivity (Wildman–Crippen MR) is 91.7 cm³/mol. The molecule has 0 aromatic carbocycles. The van der Waals surface area contributed by atoms with E-state index in [1.807, 2.05) is 36.4 Å². The van der Waals surface area contributed by atoms with Crippen molar-refractivity contribution in [1.82, 2.24) is 24.1 Å². The van der Waals surface area contributed by atoms with Crippen molar-refractivity contribution in [3.8, 4) is 5.82 Å². The molecule has 0 radical (unpaired) electrons. The van der Waals surface area contributed by atoms with E-state index in [0.717, 1.165) is 5.56 Å². The summed E-state index contributed by atoms with van der Waals surface area (Å²) in [6.07, 6.45) is 10.6. The maximum absolute atomic E-state index is 12.5. The predicted octanol–water partition coefficient (Wildman–Crippen LogP) is 2.45. The van der Waals surface area contributed by atoms with E-state index in [1.165, 1.54) is 10.6 Å². The summed E-state index contributed by atoms with van der Waals surface area (Å²) in [5.41, 5.74) is 1.95. The first kappa shape index (κ1) is 14.1. The van der Waals surface area contributed by atoms with Gasteiger partial charge in [-0.05, 0) is 29.8 Å². The minimum atomic E-state index is -0.165. The van der Waals surface area contributed by atoms with Crippen LogP contribution < -0.4 is 5.56 Å². The Kier molecular flexibility index (Phi) is 3.47. The summed E-state index contributed by atoms with van der Waals surface area (Å²) in [5.74, 6) is 0.662. The maximum Gasteiger partial charge on any atom is 0.273 e. The summed E-state index contributed by atoms with van der Waals surface area (Å²) in [4.78, 5) is 25.3. The Morgan fingerprint density at radius 2 is 1.96 bits per heavy atom. The first-order valence-corrected chi connectivity index (χ1v) is 7.42. The fourth-order valence-corrected chi connectivity index (χ4v) is 2.45. The zero-order chi connectivity index (χ0) is 16.4. The minimum Gasteiger partial charge on any atom is -0.267 e. The van der Waals surface area contributed by atoms with Gasteiger partial charge in [-0.25, -0.2) is 14.6 Å². The van der Waals surface area contributed by atoms with Crippen LogP contribution in [0.2, 0.25) is 0 Å². The summed E-state index contributed by atoms with van der Waals surface area (Å²) in [5, 5.41) is 0. The van der Waals surface area contributed by atoms with Crippen LogP contribution in [0.15, 0.2) is 72.0 Å². The Labute approximate surface area is 137 Å². The molecule has 0 amide bonds. The lowest BCUT2D eigenvalue weighted by Gasteiger charge is -2.05. The molecule has 0 aliphatic heterocycles. The van der Waals surface area contributed by atoms with E-state index in [4.69, 9.17) is 0 Å². The van der Waals surface area contributed by atoms with E-state index in [-0.39, 0.29) is 5.56 Å². The first-order chi connectivity index (χ1) is 11.8. The second kappa shape index (κ2) is 5.92. The first-order valence-electron chi connectivity index (χ1n) is 7.42. The Morgan fingerprint density at radius 1 is 1.00 bits per heavy atom. The average Bonchev–Trinajstić information content (AvgIpc) is 3.06. The highest BCUT2D eigenvalue weighted by Crippen LogP contribution is 2.09. The van der Waals surface area contributed by atoms with Gasteiger partial charge in [0.25, 0.3) is 5.56 Å². The number of rotatable bonds is 3. The van der Waals surface area contributed by atoms with Gasteiger partial charge in [0, 0.05) is 36.9 Å². The lowest BCUT2D eigenvalue weighted by Crippen LogP contribution is -2.20. The molecule has 0 bridgehead atoms. The normalized spacial score (nSPS) is 11.3. The van der Waals surface area contributed by atoms with Crippen LogP contribution in [0.4, 0.5) is 0 Å². The number of hydrogen-bond donors (Lipinski definition) is 0. The van der Waals surface area contributed by atoms with Gasteiger partial charge in [-0.2, -0.15) is 4.52 Å². The van der Waals surface area contributed by atoms with Crippen LogP contribution in [-0.4, -0.2) is 24.1 Å². The van der Waals surface area contributed by atoms with E-state index in [0.29, 0.717) is 17.2 Å². The molecule has 0 saturated heterocycles. The number of nitrogens with zero attached hydrogens (tertiary/aromatic N) is 5. The molecule has 4 aromatic rings. The third-order valence-corrected chi connectivity index (χ3v) is 3.54. The number of pyridine rings is 2. The molecule has 0 aliphatic rings. The van der Waals surface area contributed by atoms with Crippen molar-refractivity contribution in [2.75, 3.05) is 0 Å². The van der Waals surface area contributed by atoms with Gasteiger partial charge in [-0.15, -0.1) is 0 Å². The molecule has 0 N–H and O–H groups in total. The fraction of sp³-hybridized carbons (Fsp3) is 0. The molecular weight excluding hydrogens is 302 g/mol. The Morgan fingerprint density at radius 3 is 2.75 bits per heavy atom. The molecule has 0 atom stereocenters. The van der Waals surface area contributed by atoms with E-state index in [9.17, 15) is 4.79 Å². The van der Waals surface area contributed by atoms with Crippen molar-refractivity contribution in [1.29, 1.82) is 0 Å². The highest BCUT2D eigenvalue weighted by molar-refractivity contribution is 5.68. The monoisotopic (exact) mass is 315 g/mol. The summed E-state index contributed by atoms with van der Waals surface area (Å²) >= 11 is 0. The molecule has 0 aliphatic carbocycles. The molecule has 4 aromatic heterocycles. The molecule has 24 heavy (non-hydrogen) atoms. The second-order valence-corrected chi connectivity index (χ2v) is 5.16. The van der Waals surface area contributed by atoms with Crippen molar-refractivity contribution in [3.05, 3.63) is 88.9 Å². The largest absolute Gasteiger partial charge is 0.273 e. The van der Waals surface area contributed by atoms with E-state index in [1.54, 1.807) is 41.6 Å². The molecule has 0 fully saturated rings. The third-order valence-electron chi connectivity index (χ3n) is 3.54. The molecule has 116 valence electrons. The summed E-state index contributed by atoms with van der Waals surface area (Å²) in [6.45, 7) is 0. The van der Waals surface area contributed by atoms with Gasteiger partial charge in [0.2, 0.25) is 0 Å². The standard InChI is InChI=1S/C18H13N5O/c24-18-12-15(7-6-14-4-3-9-19-13-14)21-17-8-11-22(23(17)18)16-5-1-2-10-20-16/h1-13H. The van der Waals surface area contributed by atoms with E-state index >= 15 is 0 Å². The summed E-state index contributed by atoms with van der Waals surface area (Å²) < 4.78 is 3.17. The zero-order valence-electron chi connectivity index (χ0n) is 12.6. The smallest absolute Gasteiger partial charge is 0.267 e. The highest BCUT2D eigenvalue weighted by Gasteiger charge is 2.07. The van der Waals surface area contributed by atoms with E-state index < -0.39 is 0 Å². The molecule has 0 unspecified atom stereocenters. The molecule has 0 saturated carbocycles. The van der Waals surface area contributed by atoms with Gasteiger partial charge in [0.1, 0.15) is 0 Å². The van der Waals surface area contributed by atoms with Gasteiger partial charge >= 0.3 is 0 Å². The third kappa shape index (κ3) is 2.61. The zero-order valence-corrected chi connectivity index (χ0v) is 12.6. The van der Waals surface area contributed by atoms with Crippen LogP contribution in [0.5, 0.6) is 0 Å². The van der Waals surface area contributed by atoms with Crippen molar-refractivity contribution in [3.63, 3.8) is 0 Å². The number of fused-ring (bicyclic) bond motifs is 1. The van der Waals surface area contributed by atoms with Crippen LogP contribution in [0.25, 0.3) is 23.6 Å². The van der Waals surface area contributed by atoms with Gasteiger partial charge in [0.05, 0.1) is 5.69 Å². The average molecular weight is 315 g/mol. The lowest BCUT2D eigenvalue weighted by molar-refractivity contribution is 0.744. The van der Waals surface area contributed by atoms with Gasteiger partial charge < -0.3 is 0 Å². The number of hydrogen-bond acceptors (Lipinski definition) is 4. The van der Waals surface area contributed by atoms with Gasteiger partial charge in [-0.3, -0.25) is 9.78 Å². The molecular formula is C18H13N5O. The Hall–Kier alpha value is -3.54. The minimum absolute atomic E-state index is 0.165. The van der Waals surface area contributed by atoms with Crippen molar-refractivity contribution >= 4 is 17.8 Å². The summed E-state index contributed by atoms with van der Waals surface area (Å²) in [6, 6.07) is 12.6. The molecule has 6 nitrogen and oxygen atoms in total. The molecule has 4 rings (SSSR count). The van der Waals surface area contributed by atoms with Crippen molar-refractivity contribution < 1.29 is 0 Å². The van der Waals surface area contributed by atoms with Gasteiger partial charge in [0.15, 0.2) is 11.5 Å². The van der Waals surface area contributed by atoms with Crippen LogP contribution in [0, 0.1) is 0 Å². The number of aromatic nitrogens is 5. The lowest BCUT2D eigenvalue weighted by atomic mass is 10.2. The highest BCUT2D eigenvalue weighted by atomic mass is 16.1. The quantitative estimate of drug-likeness (QED) is 0.582. The van der Waals surface area contributed by atoms with Crippen LogP contribution in [0.1, 0.15) is 11.3 Å². The van der Waals surface area contributed by atoms with Crippen molar-refractivity contribution in [2.45, 2.75) is 0 Å². The molecule has 6 heteroatoms. The summed E-state index contributed by atoms with van der Waals surface area (Å²) in [7, 11) is 0. The van der Waals surface area contributed by atoms with Crippen LogP contribution >= 0.6 is 0 Å². The van der Waals surface area contributed by atoms with Crippen LogP contribution in [0.3, 0.4) is 0 Å². The SMILES string of the molecule is O=c1cc(C=Cc2cccnc2)nc2ccn(-c3ccccn3)n12. The fourth-order valence-electron chi connectivity index (χ4n) is 2.45. The Balaban J connectivity index is 1.77. The van der Waals surface area contributed by atoms with Crippen molar-refractivity contribution in [2.24, 2.45) is 0 Å². The maximum atomic E-state index is 12.5. The van der Waals surface area contributed by atoms with E-state index in [2.05, 4.69) is 15.0 Å². The molecule has 4 heterocycles. The Bertz CT molecular complexity index is 1060. The molecule has 0 spiro atoms. The van der Waals surface area contributed by atoms with Gasteiger partial charge in [-0.1, -0.05) is 18.2 Å². The van der Waals surface area contributed by atoms with Crippen LogP contribution in [-0.2, 0) is 0 Å². The topological polar surface area (TPSA) is 65.1 Å².